The van der Waals surface area contributed by atoms with Gasteiger partial charge in [0.25, 0.3) is 10.0 Å². The fourth-order valence-electron chi connectivity index (χ4n) is 3.20. The largest absolute Gasteiger partial charge is 0.489 e. The van der Waals surface area contributed by atoms with E-state index < -0.39 is 10.0 Å². The number of benzene rings is 2. The molecule has 1 heterocycles. The van der Waals surface area contributed by atoms with E-state index in [9.17, 15) is 8.42 Å². The van der Waals surface area contributed by atoms with Gasteiger partial charge in [-0.05, 0) is 62.6 Å². The minimum Gasteiger partial charge on any atom is -0.489 e. The van der Waals surface area contributed by atoms with Crippen LogP contribution in [-0.2, 0) is 16.6 Å². The Labute approximate surface area is 178 Å². The summed E-state index contributed by atoms with van der Waals surface area (Å²) in [6, 6.07) is 14.1. The lowest BCUT2D eigenvalue weighted by Crippen LogP contribution is -2.34. The number of aryl methyl sites for hydroxylation is 3. The fourth-order valence-corrected chi connectivity index (χ4v) is 4.89. The highest BCUT2D eigenvalue weighted by atomic mass is 32.2. The molecule has 30 heavy (non-hydrogen) atoms. The summed E-state index contributed by atoms with van der Waals surface area (Å²) >= 11 is 0. The first kappa shape index (κ1) is 21.9. The molecule has 2 aromatic carbocycles. The fraction of sp³-hybridized carbons (Fsp3) is 0.348. The molecule has 0 radical (unpaired) electrons. The normalized spacial score (nSPS) is 11.7. The van der Waals surface area contributed by atoms with Gasteiger partial charge in [-0.3, -0.25) is 4.31 Å². The number of rotatable bonds is 8. The van der Waals surface area contributed by atoms with Crippen molar-refractivity contribution in [1.29, 1.82) is 0 Å². The third-order valence-electron chi connectivity index (χ3n) is 4.89. The van der Waals surface area contributed by atoms with Gasteiger partial charge in [0.15, 0.2) is 0 Å². The Morgan fingerprint density at radius 3 is 2.27 bits per heavy atom. The number of para-hydroxylation sites is 1. The number of sulfonamides is 1. The molecule has 0 unspecified atom stereocenters. The highest BCUT2D eigenvalue weighted by Gasteiger charge is 2.26. The molecule has 7 heteroatoms. The Bertz CT molecular complexity index is 1080. The quantitative estimate of drug-likeness (QED) is 0.503. The molecule has 0 spiro atoms. The lowest BCUT2D eigenvalue weighted by Gasteiger charge is -2.27. The van der Waals surface area contributed by atoms with Crippen LogP contribution in [0.5, 0.6) is 5.75 Å². The minimum absolute atomic E-state index is 0.178. The van der Waals surface area contributed by atoms with E-state index in [0.717, 1.165) is 16.8 Å². The van der Waals surface area contributed by atoms with Gasteiger partial charge in [0.1, 0.15) is 18.1 Å². The standard InChI is InChI=1S/C23H28N2O4S/c1-16(2)14-25(23-9-7-6-8-17(23)3)30(26,27)21-12-10-20(11-13-21)28-15-22-18(4)24-29-19(22)5/h6-13,16H,14-15H2,1-5H3. The maximum atomic E-state index is 13.4. The van der Waals surface area contributed by atoms with Crippen LogP contribution in [0.2, 0.25) is 0 Å². The summed E-state index contributed by atoms with van der Waals surface area (Å²) in [6.45, 7) is 10.3. The Kier molecular flexibility index (Phi) is 6.51. The monoisotopic (exact) mass is 428 g/mol. The van der Waals surface area contributed by atoms with Gasteiger partial charge in [0.2, 0.25) is 0 Å². The van der Waals surface area contributed by atoms with Crippen molar-refractivity contribution in [2.24, 2.45) is 5.92 Å². The second kappa shape index (κ2) is 8.92. The van der Waals surface area contributed by atoms with E-state index in [4.69, 9.17) is 9.26 Å². The average Bonchev–Trinajstić information content (AvgIpc) is 3.03. The molecule has 6 nitrogen and oxygen atoms in total. The Morgan fingerprint density at radius 1 is 1.03 bits per heavy atom. The predicted molar refractivity (Wildman–Crippen MR) is 117 cm³/mol. The molecule has 0 fully saturated rings. The number of hydrogen-bond donors (Lipinski definition) is 0. The zero-order valence-electron chi connectivity index (χ0n) is 18.0. The maximum absolute atomic E-state index is 13.4. The molecule has 3 aromatic rings. The Balaban J connectivity index is 1.84. The zero-order valence-corrected chi connectivity index (χ0v) is 18.9. The number of aromatic nitrogens is 1. The van der Waals surface area contributed by atoms with Gasteiger partial charge in [0.05, 0.1) is 21.8 Å². The number of ether oxygens (including phenoxy) is 1. The zero-order chi connectivity index (χ0) is 21.9. The summed E-state index contributed by atoms with van der Waals surface area (Å²) in [6.07, 6.45) is 0. The summed E-state index contributed by atoms with van der Waals surface area (Å²) in [7, 11) is -3.71. The Morgan fingerprint density at radius 2 is 1.70 bits per heavy atom. The second-order valence-electron chi connectivity index (χ2n) is 7.78. The highest BCUT2D eigenvalue weighted by Crippen LogP contribution is 2.29. The van der Waals surface area contributed by atoms with Gasteiger partial charge < -0.3 is 9.26 Å². The summed E-state index contributed by atoms with van der Waals surface area (Å²) < 4.78 is 39.3. The first-order chi connectivity index (χ1) is 14.2. The molecule has 0 bridgehead atoms. The van der Waals surface area contributed by atoms with Crippen LogP contribution in [0.25, 0.3) is 0 Å². The van der Waals surface area contributed by atoms with Gasteiger partial charge in [-0.2, -0.15) is 0 Å². The summed E-state index contributed by atoms with van der Waals surface area (Å²) in [5.74, 6) is 1.48. The van der Waals surface area contributed by atoms with Crippen molar-refractivity contribution >= 4 is 15.7 Å². The maximum Gasteiger partial charge on any atom is 0.264 e. The van der Waals surface area contributed by atoms with Crippen LogP contribution in [0.4, 0.5) is 5.69 Å². The van der Waals surface area contributed by atoms with Crippen molar-refractivity contribution in [1.82, 2.24) is 5.16 Å². The van der Waals surface area contributed by atoms with Gasteiger partial charge in [-0.1, -0.05) is 37.2 Å². The molecular weight excluding hydrogens is 400 g/mol. The van der Waals surface area contributed by atoms with Crippen molar-refractivity contribution in [3.63, 3.8) is 0 Å². The summed E-state index contributed by atoms with van der Waals surface area (Å²) in [5, 5.41) is 3.91. The van der Waals surface area contributed by atoms with Crippen molar-refractivity contribution in [2.45, 2.75) is 46.1 Å². The molecule has 0 saturated carbocycles. The lowest BCUT2D eigenvalue weighted by atomic mass is 10.1. The molecule has 0 aliphatic carbocycles. The summed E-state index contributed by atoms with van der Waals surface area (Å²) in [5.41, 5.74) is 3.30. The smallest absolute Gasteiger partial charge is 0.264 e. The third kappa shape index (κ3) is 4.67. The third-order valence-corrected chi connectivity index (χ3v) is 6.69. The van der Waals surface area contributed by atoms with E-state index in [2.05, 4.69) is 5.16 Å². The second-order valence-corrected chi connectivity index (χ2v) is 9.64. The number of nitrogens with zero attached hydrogens (tertiary/aromatic N) is 2. The molecule has 1 aromatic heterocycles. The van der Waals surface area contributed by atoms with Crippen LogP contribution in [0.15, 0.2) is 57.9 Å². The average molecular weight is 429 g/mol. The molecule has 3 rings (SSSR count). The minimum atomic E-state index is -3.71. The first-order valence-corrected chi connectivity index (χ1v) is 11.4. The van der Waals surface area contributed by atoms with Crippen LogP contribution in [0.3, 0.4) is 0 Å². The van der Waals surface area contributed by atoms with Crippen LogP contribution in [0.1, 0.15) is 36.4 Å². The molecule has 0 aliphatic rings. The van der Waals surface area contributed by atoms with Crippen molar-refractivity contribution in [2.75, 3.05) is 10.8 Å². The lowest BCUT2D eigenvalue weighted by molar-refractivity contribution is 0.301. The van der Waals surface area contributed by atoms with Crippen molar-refractivity contribution < 1.29 is 17.7 Å². The number of anilines is 1. The first-order valence-electron chi connectivity index (χ1n) is 9.93. The van der Waals surface area contributed by atoms with Crippen molar-refractivity contribution in [3.05, 3.63) is 71.1 Å². The topological polar surface area (TPSA) is 72.6 Å². The van der Waals surface area contributed by atoms with E-state index in [1.54, 1.807) is 24.3 Å². The van der Waals surface area contributed by atoms with E-state index in [1.807, 2.05) is 58.9 Å². The van der Waals surface area contributed by atoms with Crippen LogP contribution in [-0.4, -0.2) is 20.1 Å². The predicted octanol–water partition coefficient (Wildman–Crippen LogP) is 5.03. The van der Waals surface area contributed by atoms with E-state index in [0.29, 0.717) is 30.3 Å². The van der Waals surface area contributed by atoms with Crippen molar-refractivity contribution in [3.8, 4) is 5.75 Å². The molecule has 0 atom stereocenters. The van der Waals surface area contributed by atoms with Gasteiger partial charge >= 0.3 is 0 Å². The van der Waals surface area contributed by atoms with E-state index in [-0.39, 0.29) is 10.8 Å². The number of hydrogen-bond acceptors (Lipinski definition) is 5. The molecule has 160 valence electrons. The Hall–Kier alpha value is -2.80. The van der Waals surface area contributed by atoms with E-state index in [1.165, 1.54) is 4.31 Å². The van der Waals surface area contributed by atoms with Crippen LogP contribution < -0.4 is 9.04 Å². The summed E-state index contributed by atoms with van der Waals surface area (Å²) in [4.78, 5) is 0.232. The molecule has 0 saturated heterocycles. The van der Waals surface area contributed by atoms with Crippen LogP contribution >= 0.6 is 0 Å². The SMILES string of the molecule is Cc1ccccc1N(CC(C)C)S(=O)(=O)c1ccc(OCc2c(C)noc2C)cc1. The molecule has 0 amide bonds. The van der Waals surface area contributed by atoms with Gasteiger partial charge in [-0.15, -0.1) is 0 Å². The highest BCUT2D eigenvalue weighted by molar-refractivity contribution is 7.92. The van der Waals surface area contributed by atoms with Crippen LogP contribution in [0, 0.1) is 26.7 Å². The van der Waals surface area contributed by atoms with Gasteiger partial charge in [-0.25, -0.2) is 8.42 Å². The molecular formula is C23H28N2O4S. The van der Waals surface area contributed by atoms with Gasteiger partial charge in [0, 0.05) is 6.54 Å². The molecule has 0 N–H and O–H groups in total. The molecule has 0 aliphatic heterocycles. The van der Waals surface area contributed by atoms with E-state index >= 15 is 0 Å².